The monoisotopic (exact) mass is 396 g/mol. The Hall–Kier alpha value is -1.96. The van der Waals surface area contributed by atoms with Gasteiger partial charge < -0.3 is 4.90 Å². The molecule has 8 heteroatoms. The van der Waals surface area contributed by atoms with E-state index in [2.05, 4.69) is 0 Å². The molecule has 0 spiro atoms. The molecule has 1 aliphatic heterocycles. The molecule has 1 saturated heterocycles. The first-order valence-electron chi connectivity index (χ1n) is 8.11. The van der Waals surface area contributed by atoms with Gasteiger partial charge in [0, 0.05) is 31.7 Å². The van der Waals surface area contributed by atoms with Crippen molar-refractivity contribution >= 4 is 27.5 Å². The second kappa shape index (κ2) is 7.34. The van der Waals surface area contributed by atoms with Gasteiger partial charge in [-0.1, -0.05) is 29.8 Å². The fraction of sp³-hybridized carbons (Fsp3) is 0.278. The van der Waals surface area contributed by atoms with E-state index in [1.807, 2.05) is 0 Å². The second-order valence-electron chi connectivity index (χ2n) is 6.09. The first-order valence-corrected chi connectivity index (χ1v) is 9.92. The van der Waals surface area contributed by atoms with Crippen LogP contribution in [0.25, 0.3) is 0 Å². The number of benzene rings is 2. The van der Waals surface area contributed by atoms with Gasteiger partial charge in [-0.2, -0.15) is 4.31 Å². The molecule has 3 rings (SSSR count). The van der Waals surface area contributed by atoms with Crippen LogP contribution in [0.3, 0.4) is 0 Å². The summed E-state index contributed by atoms with van der Waals surface area (Å²) in [5, 5.41) is 0.168. The average Bonchev–Trinajstić information content (AvgIpc) is 2.63. The van der Waals surface area contributed by atoms with Crippen molar-refractivity contribution < 1.29 is 17.6 Å². The molecule has 1 amide bonds. The Bertz CT molecular complexity index is 941. The van der Waals surface area contributed by atoms with Crippen molar-refractivity contribution in [1.82, 2.24) is 9.21 Å². The first-order chi connectivity index (χ1) is 12.3. The predicted octanol–water partition coefficient (Wildman–Crippen LogP) is 2.93. The molecular formula is C18H18ClFN2O3S. The molecule has 1 aliphatic rings. The SMILES string of the molecule is Cc1ccc(C(=O)N2CCN(S(=O)(=O)c3ccccc3Cl)CC2)cc1F. The Balaban J connectivity index is 1.72. The molecule has 2 aromatic rings. The highest BCUT2D eigenvalue weighted by atomic mass is 35.5. The number of hydrogen-bond donors (Lipinski definition) is 0. The maximum Gasteiger partial charge on any atom is 0.254 e. The Labute approximate surface area is 157 Å². The zero-order chi connectivity index (χ0) is 18.9. The fourth-order valence-corrected chi connectivity index (χ4v) is 4.75. The molecule has 0 atom stereocenters. The minimum atomic E-state index is -3.72. The van der Waals surface area contributed by atoms with Gasteiger partial charge in [0.2, 0.25) is 10.0 Å². The number of carbonyl (C=O) groups excluding carboxylic acids is 1. The summed E-state index contributed by atoms with van der Waals surface area (Å²) < 4.78 is 40.4. The summed E-state index contributed by atoms with van der Waals surface area (Å²) in [5.74, 6) is -0.741. The van der Waals surface area contributed by atoms with Crippen LogP contribution in [0, 0.1) is 12.7 Å². The average molecular weight is 397 g/mol. The van der Waals surface area contributed by atoms with Crippen LogP contribution in [-0.4, -0.2) is 49.7 Å². The van der Waals surface area contributed by atoms with Crippen LogP contribution in [0.4, 0.5) is 4.39 Å². The molecule has 2 aromatic carbocycles. The van der Waals surface area contributed by atoms with Crippen LogP contribution >= 0.6 is 11.6 Å². The largest absolute Gasteiger partial charge is 0.336 e. The molecule has 0 aliphatic carbocycles. The number of amides is 1. The van der Waals surface area contributed by atoms with Gasteiger partial charge in [-0.25, -0.2) is 12.8 Å². The van der Waals surface area contributed by atoms with E-state index in [1.165, 1.54) is 27.4 Å². The van der Waals surface area contributed by atoms with Crippen molar-refractivity contribution in [2.24, 2.45) is 0 Å². The van der Waals surface area contributed by atoms with Crippen molar-refractivity contribution in [3.63, 3.8) is 0 Å². The summed E-state index contributed by atoms with van der Waals surface area (Å²) in [6.07, 6.45) is 0. The van der Waals surface area contributed by atoms with Gasteiger partial charge in [-0.15, -0.1) is 0 Å². The van der Waals surface area contributed by atoms with Gasteiger partial charge in [-0.05, 0) is 36.8 Å². The van der Waals surface area contributed by atoms with Crippen LogP contribution in [0.5, 0.6) is 0 Å². The molecule has 0 unspecified atom stereocenters. The lowest BCUT2D eigenvalue weighted by atomic mass is 10.1. The predicted molar refractivity (Wildman–Crippen MR) is 97.3 cm³/mol. The third-order valence-corrected chi connectivity index (χ3v) is 6.80. The molecule has 0 N–H and O–H groups in total. The molecule has 5 nitrogen and oxygen atoms in total. The van der Waals surface area contributed by atoms with Crippen molar-refractivity contribution in [1.29, 1.82) is 0 Å². The molecule has 138 valence electrons. The van der Waals surface area contributed by atoms with Gasteiger partial charge in [0.1, 0.15) is 10.7 Å². The van der Waals surface area contributed by atoms with Crippen molar-refractivity contribution in [3.8, 4) is 0 Å². The van der Waals surface area contributed by atoms with E-state index < -0.39 is 15.8 Å². The molecular weight excluding hydrogens is 379 g/mol. The van der Waals surface area contributed by atoms with Crippen LogP contribution in [-0.2, 0) is 10.0 Å². The molecule has 0 radical (unpaired) electrons. The first kappa shape index (κ1) is 18.8. The van der Waals surface area contributed by atoms with E-state index in [0.29, 0.717) is 5.56 Å². The van der Waals surface area contributed by atoms with Gasteiger partial charge in [0.05, 0.1) is 5.02 Å². The van der Waals surface area contributed by atoms with Crippen molar-refractivity contribution in [3.05, 3.63) is 64.4 Å². The molecule has 26 heavy (non-hydrogen) atoms. The molecule has 1 heterocycles. The summed E-state index contributed by atoms with van der Waals surface area (Å²) in [6.45, 7) is 2.42. The lowest BCUT2D eigenvalue weighted by Crippen LogP contribution is -2.50. The highest BCUT2D eigenvalue weighted by Crippen LogP contribution is 2.25. The van der Waals surface area contributed by atoms with Gasteiger partial charge >= 0.3 is 0 Å². The van der Waals surface area contributed by atoms with E-state index in [-0.39, 0.29) is 47.6 Å². The lowest BCUT2D eigenvalue weighted by molar-refractivity contribution is 0.0697. The number of hydrogen-bond acceptors (Lipinski definition) is 3. The van der Waals surface area contributed by atoms with Crippen molar-refractivity contribution in [2.45, 2.75) is 11.8 Å². The minimum absolute atomic E-state index is 0.0575. The van der Waals surface area contributed by atoms with E-state index in [4.69, 9.17) is 11.6 Å². The normalized spacial score (nSPS) is 15.9. The number of piperazine rings is 1. The molecule has 1 fully saturated rings. The fourth-order valence-electron chi connectivity index (χ4n) is 2.83. The van der Waals surface area contributed by atoms with E-state index >= 15 is 0 Å². The van der Waals surface area contributed by atoms with E-state index in [0.717, 1.165) is 0 Å². The van der Waals surface area contributed by atoms with Crippen LogP contribution in [0.1, 0.15) is 15.9 Å². The van der Waals surface area contributed by atoms with Crippen molar-refractivity contribution in [2.75, 3.05) is 26.2 Å². The van der Waals surface area contributed by atoms with Crippen LogP contribution in [0.15, 0.2) is 47.4 Å². The summed E-state index contributed by atoms with van der Waals surface area (Å²) >= 11 is 6.01. The van der Waals surface area contributed by atoms with E-state index in [9.17, 15) is 17.6 Å². The number of halogens is 2. The third kappa shape index (κ3) is 3.60. The Morgan fingerprint density at radius 2 is 1.73 bits per heavy atom. The summed E-state index contributed by atoms with van der Waals surface area (Å²) in [5.41, 5.74) is 0.729. The third-order valence-electron chi connectivity index (χ3n) is 4.40. The zero-order valence-corrected chi connectivity index (χ0v) is 15.7. The van der Waals surface area contributed by atoms with E-state index in [1.54, 1.807) is 31.2 Å². The molecule has 0 saturated carbocycles. The number of sulfonamides is 1. The lowest BCUT2D eigenvalue weighted by Gasteiger charge is -2.34. The maximum atomic E-state index is 13.7. The quantitative estimate of drug-likeness (QED) is 0.801. The highest BCUT2D eigenvalue weighted by molar-refractivity contribution is 7.89. The number of nitrogens with zero attached hydrogens (tertiary/aromatic N) is 2. The number of aryl methyl sites for hydroxylation is 1. The van der Waals surface area contributed by atoms with Gasteiger partial charge in [0.25, 0.3) is 5.91 Å². The second-order valence-corrected chi connectivity index (χ2v) is 8.40. The summed E-state index contributed by atoms with van der Waals surface area (Å²) in [4.78, 5) is 14.1. The van der Waals surface area contributed by atoms with Gasteiger partial charge in [-0.3, -0.25) is 4.79 Å². The van der Waals surface area contributed by atoms with Gasteiger partial charge in [0.15, 0.2) is 0 Å². The number of carbonyl (C=O) groups is 1. The van der Waals surface area contributed by atoms with Crippen LogP contribution < -0.4 is 0 Å². The standard InChI is InChI=1S/C18H18ClFN2O3S/c1-13-6-7-14(12-16(13)20)18(23)21-8-10-22(11-9-21)26(24,25)17-5-3-2-4-15(17)19/h2-7,12H,8-11H2,1H3. The van der Waals surface area contributed by atoms with Crippen LogP contribution in [0.2, 0.25) is 5.02 Å². The minimum Gasteiger partial charge on any atom is -0.336 e. The maximum absolute atomic E-state index is 13.7. The topological polar surface area (TPSA) is 57.7 Å². The highest BCUT2D eigenvalue weighted by Gasteiger charge is 2.31. The number of rotatable bonds is 3. The Morgan fingerprint density at radius 1 is 1.08 bits per heavy atom. The molecule has 0 bridgehead atoms. The Kier molecular flexibility index (Phi) is 5.32. The molecule has 0 aromatic heterocycles. The summed E-state index contributed by atoms with van der Waals surface area (Å²) in [6, 6.07) is 10.6. The zero-order valence-electron chi connectivity index (χ0n) is 14.2. The smallest absolute Gasteiger partial charge is 0.254 e. The summed E-state index contributed by atoms with van der Waals surface area (Å²) in [7, 11) is -3.72. The Morgan fingerprint density at radius 3 is 2.35 bits per heavy atom.